The van der Waals surface area contributed by atoms with Gasteiger partial charge in [-0.3, -0.25) is 0 Å². The molecule has 5 heteroatoms. The third-order valence-corrected chi connectivity index (χ3v) is 3.29. The molecule has 1 aliphatic rings. The zero-order chi connectivity index (χ0) is 14.2. The molecule has 0 bridgehead atoms. The van der Waals surface area contributed by atoms with Crippen molar-refractivity contribution >= 4 is 16.5 Å². The van der Waals surface area contributed by atoms with E-state index in [1.165, 1.54) is 0 Å². The van der Waals surface area contributed by atoms with Crippen LogP contribution in [0.3, 0.4) is 0 Å². The fraction of sp³-hybridized carbons (Fsp3) is 0.0625. The number of rotatable bonds is 2. The van der Waals surface area contributed by atoms with Gasteiger partial charge in [0.25, 0.3) is 0 Å². The minimum absolute atomic E-state index is 0.241. The number of pyridine rings is 1. The highest BCUT2D eigenvalue weighted by molar-refractivity contribution is 5.90. The van der Waals surface area contributed by atoms with Crippen LogP contribution in [0.15, 0.2) is 48.7 Å². The number of anilines is 1. The number of hydrogen-bond donors (Lipinski definition) is 1. The molecule has 1 aliphatic heterocycles. The van der Waals surface area contributed by atoms with Gasteiger partial charge in [0.15, 0.2) is 11.5 Å². The first-order chi connectivity index (χ1) is 10.3. The van der Waals surface area contributed by atoms with E-state index in [-0.39, 0.29) is 6.79 Å². The number of hydrogen-bond acceptors (Lipinski definition) is 5. The Morgan fingerprint density at radius 3 is 2.76 bits per heavy atom. The highest BCUT2D eigenvalue weighted by atomic mass is 16.7. The van der Waals surface area contributed by atoms with E-state index in [1.807, 2.05) is 30.3 Å². The first-order valence-corrected chi connectivity index (χ1v) is 6.51. The summed E-state index contributed by atoms with van der Waals surface area (Å²) in [6.07, 6.45) is 1.70. The van der Waals surface area contributed by atoms with Crippen molar-refractivity contribution < 1.29 is 14.2 Å². The molecule has 2 heterocycles. The summed E-state index contributed by atoms with van der Waals surface area (Å²) in [4.78, 5) is 4.30. The van der Waals surface area contributed by atoms with Gasteiger partial charge >= 0.3 is 0 Å². The molecule has 0 amide bonds. The maximum Gasteiger partial charge on any atom is 0.231 e. The van der Waals surface area contributed by atoms with Gasteiger partial charge in [-0.15, -0.1) is 0 Å². The third-order valence-electron chi connectivity index (χ3n) is 3.29. The average Bonchev–Trinajstić information content (AvgIpc) is 2.93. The van der Waals surface area contributed by atoms with Crippen molar-refractivity contribution in [1.29, 1.82) is 0 Å². The predicted octanol–water partition coefficient (Wildman–Crippen LogP) is 3.34. The van der Waals surface area contributed by atoms with Gasteiger partial charge in [0, 0.05) is 23.3 Å². The molecule has 0 spiro atoms. The number of aromatic nitrogens is 1. The molecule has 0 saturated heterocycles. The molecule has 2 N–H and O–H groups in total. The van der Waals surface area contributed by atoms with Crippen molar-refractivity contribution in [1.82, 2.24) is 4.98 Å². The number of nitrogens with two attached hydrogens (primary N) is 1. The van der Waals surface area contributed by atoms with E-state index in [4.69, 9.17) is 19.9 Å². The van der Waals surface area contributed by atoms with Crippen LogP contribution in [-0.2, 0) is 0 Å². The Bertz CT molecular complexity index is 833. The lowest BCUT2D eigenvalue weighted by Gasteiger charge is -2.09. The zero-order valence-corrected chi connectivity index (χ0v) is 11.1. The van der Waals surface area contributed by atoms with Gasteiger partial charge in [0.05, 0.1) is 0 Å². The second kappa shape index (κ2) is 4.56. The van der Waals surface area contributed by atoms with E-state index in [0.717, 1.165) is 16.5 Å². The van der Waals surface area contributed by atoms with E-state index in [9.17, 15) is 0 Å². The highest BCUT2D eigenvalue weighted by Gasteiger charge is 2.16. The lowest BCUT2D eigenvalue weighted by atomic mass is 10.1. The number of nitrogen functional groups attached to an aromatic ring is 1. The quantitative estimate of drug-likeness (QED) is 0.729. The van der Waals surface area contributed by atoms with Crippen molar-refractivity contribution in [3.63, 3.8) is 0 Å². The van der Waals surface area contributed by atoms with Crippen LogP contribution in [0, 0.1) is 0 Å². The molecular weight excluding hydrogens is 268 g/mol. The van der Waals surface area contributed by atoms with Crippen LogP contribution in [0.25, 0.3) is 10.8 Å². The molecule has 0 unspecified atom stereocenters. The van der Waals surface area contributed by atoms with Crippen LogP contribution in [0.2, 0.25) is 0 Å². The summed E-state index contributed by atoms with van der Waals surface area (Å²) in [7, 11) is 0. The second-order valence-corrected chi connectivity index (χ2v) is 4.72. The second-order valence-electron chi connectivity index (χ2n) is 4.72. The van der Waals surface area contributed by atoms with Crippen LogP contribution < -0.4 is 19.9 Å². The number of ether oxygens (including phenoxy) is 3. The van der Waals surface area contributed by atoms with E-state index in [2.05, 4.69) is 4.98 Å². The SMILES string of the molecule is Nc1cccc(Oc2nccc3cc4c(cc23)OCO4)c1. The molecule has 0 saturated carbocycles. The van der Waals surface area contributed by atoms with E-state index < -0.39 is 0 Å². The van der Waals surface area contributed by atoms with E-state index >= 15 is 0 Å². The first kappa shape index (κ1) is 11.8. The maximum absolute atomic E-state index is 5.84. The summed E-state index contributed by atoms with van der Waals surface area (Å²) < 4.78 is 16.6. The lowest BCUT2D eigenvalue weighted by molar-refractivity contribution is 0.174. The van der Waals surface area contributed by atoms with Crippen molar-refractivity contribution in [2.45, 2.75) is 0 Å². The van der Waals surface area contributed by atoms with E-state index in [1.54, 1.807) is 18.3 Å². The topological polar surface area (TPSA) is 66.6 Å². The molecule has 0 fully saturated rings. The molecular formula is C16H12N2O3. The summed E-state index contributed by atoms with van der Waals surface area (Å²) in [5, 5.41) is 1.84. The third kappa shape index (κ3) is 2.08. The normalized spacial score (nSPS) is 12.6. The van der Waals surface area contributed by atoms with Gasteiger partial charge in [0.1, 0.15) is 5.75 Å². The monoisotopic (exact) mass is 280 g/mol. The summed E-state index contributed by atoms with van der Waals surface area (Å²) in [5.74, 6) is 2.60. The smallest absolute Gasteiger partial charge is 0.231 e. The predicted molar refractivity (Wildman–Crippen MR) is 78.8 cm³/mol. The fourth-order valence-corrected chi connectivity index (χ4v) is 2.31. The molecule has 2 aromatic carbocycles. The maximum atomic E-state index is 5.84. The minimum Gasteiger partial charge on any atom is -0.454 e. The molecule has 104 valence electrons. The Balaban J connectivity index is 1.81. The fourth-order valence-electron chi connectivity index (χ4n) is 2.31. The van der Waals surface area contributed by atoms with Gasteiger partial charge in [0.2, 0.25) is 12.7 Å². The van der Waals surface area contributed by atoms with Crippen LogP contribution in [0.5, 0.6) is 23.1 Å². The van der Waals surface area contributed by atoms with Gasteiger partial charge < -0.3 is 19.9 Å². The number of benzene rings is 2. The molecule has 5 nitrogen and oxygen atoms in total. The number of fused-ring (bicyclic) bond motifs is 2. The lowest BCUT2D eigenvalue weighted by Crippen LogP contribution is -1.92. The Morgan fingerprint density at radius 1 is 1.05 bits per heavy atom. The van der Waals surface area contributed by atoms with Crippen LogP contribution in [0.1, 0.15) is 0 Å². The summed E-state index contributed by atoms with van der Waals surface area (Å²) in [5.41, 5.74) is 6.41. The molecule has 0 atom stereocenters. The summed E-state index contributed by atoms with van der Waals surface area (Å²) in [6.45, 7) is 0.241. The van der Waals surface area contributed by atoms with Crippen LogP contribution in [0.4, 0.5) is 5.69 Å². The molecule has 3 aromatic rings. The summed E-state index contributed by atoms with van der Waals surface area (Å²) >= 11 is 0. The van der Waals surface area contributed by atoms with Crippen LogP contribution >= 0.6 is 0 Å². The van der Waals surface area contributed by atoms with Crippen LogP contribution in [-0.4, -0.2) is 11.8 Å². The van der Waals surface area contributed by atoms with Crippen molar-refractivity contribution in [2.24, 2.45) is 0 Å². The van der Waals surface area contributed by atoms with Gasteiger partial charge in [-0.2, -0.15) is 0 Å². The zero-order valence-electron chi connectivity index (χ0n) is 11.1. The van der Waals surface area contributed by atoms with Gasteiger partial charge in [-0.1, -0.05) is 6.07 Å². The standard InChI is InChI=1S/C16H12N2O3/c17-11-2-1-3-12(7-11)21-16-13-8-15-14(19-9-20-15)6-10(13)4-5-18-16/h1-8H,9,17H2. The largest absolute Gasteiger partial charge is 0.454 e. The van der Waals surface area contributed by atoms with Crippen molar-refractivity contribution in [3.05, 3.63) is 48.7 Å². The average molecular weight is 280 g/mol. The molecule has 4 rings (SSSR count). The van der Waals surface area contributed by atoms with Gasteiger partial charge in [-0.05, 0) is 35.7 Å². The molecule has 21 heavy (non-hydrogen) atoms. The van der Waals surface area contributed by atoms with Crippen molar-refractivity contribution in [3.8, 4) is 23.1 Å². The molecule has 0 aliphatic carbocycles. The minimum atomic E-state index is 0.241. The Labute approximate surface area is 120 Å². The Kier molecular flexibility index (Phi) is 2.57. The number of nitrogens with zero attached hydrogens (tertiary/aromatic N) is 1. The first-order valence-electron chi connectivity index (χ1n) is 6.51. The Hall–Kier alpha value is -2.95. The van der Waals surface area contributed by atoms with E-state index in [0.29, 0.717) is 23.1 Å². The van der Waals surface area contributed by atoms with Crippen molar-refractivity contribution in [2.75, 3.05) is 12.5 Å². The Morgan fingerprint density at radius 2 is 1.90 bits per heavy atom. The van der Waals surface area contributed by atoms with Gasteiger partial charge in [-0.25, -0.2) is 4.98 Å². The highest BCUT2D eigenvalue weighted by Crippen LogP contribution is 2.39. The summed E-state index contributed by atoms with van der Waals surface area (Å²) in [6, 6.07) is 12.9. The molecule has 0 radical (unpaired) electrons. The molecule has 1 aromatic heterocycles.